The number of hydrogen-bond donors (Lipinski definition) is 1. The van der Waals surface area contributed by atoms with Crippen LogP contribution in [0.4, 0.5) is 0 Å². The van der Waals surface area contributed by atoms with Crippen LogP contribution in [-0.2, 0) is 0 Å². The van der Waals surface area contributed by atoms with E-state index >= 15 is 0 Å². The van der Waals surface area contributed by atoms with Gasteiger partial charge in [0.15, 0.2) is 11.5 Å². The number of hydrogen-bond acceptors (Lipinski definition) is 4. The van der Waals surface area contributed by atoms with E-state index in [4.69, 9.17) is 9.47 Å². The second-order valence-corrected chi connectivity index (χ2v) is 6.07. The summed E-state index contributed by atoms with van der Waals surface area (Å²) in [5.41, 5.74) is 1.45. The molecule has 0 saturated heterocycles. The molecule has 5 nitrogen and oxygen atoms in total. The number of aromatic nitrogens is 1. The van der Waals surface area contributed by atoms with Gasteiger partial charge in [-0.2, -0.15) is 0 Å². The molecule has 0 fully saturated rings. The summed E-state index contributed by atoms with van der Waals surface area (Å²) < 4.78 is 12.0. The SMILES string of the molecule is CCOc1ccc([C@@H](C)NC(=O)c2cncc(Br)c2)cc1OCC. The number of ether oxygens (including phenoxy) is 2. The maximum absolute atomic E-state index is 12.3. The molecule has 0 aliphatic carbocycles. The van der Waals surface area contributed by atoms with Crippen molar-refractivity contribution < 1.29 is 14.3 Å². The first-order chi connectivity index (χ1) is 11.5. The first-order valence-electron chi connectivity index (χ1n) is 7.86. The third-order valence-electron chi connectivity index (χ3n) is 3.38. The minimum Gasteiger partial charge on any atom is -0.490 e. The summed E-state index contributed by atoms with van der Waals surface area (Å²) in [5.74, 6) is 1.21. The Kier molecular flexibility index (Phi) is 6.61. The van der Waals surface area contributed by atoms with Crippen LogP contribution in [-0.4, -0.2) is 24.1 Å². The van der Waals surface area contributed by atoms with Crippen molar-refractivity contribution in [3.8, 4) is 11.5 Å². The number of halogens is 1. The molecule has 2 rings (SSSR count). The van der Waals surface area contributed by atoms with E-state index in [9.17, 15) is 4.79 Å². The van der Waals surface area contributed by atoms with Gasteiger partial charge >= 0.3 is 0 Å². The molecule has 6 heteroatoms. The molecule has 2 aromatic rings. The molecule has 24 heavy (non-hydrogen) atoms. The number of nitrogens with one attached hydrogen (secondary N) is 1. The third kappa shape index (κ3) is 4.71. The molecule has 0 spiro atoms. The smallest absolute Gasteiger partial charge is 0.253 e. The average molecular weight is 393 g/mol. The zero-order valence-electron chi connectivity index (χ0n) is 14.0. The number of pyridine rings is 1. The van der Waals surface area contributed by atoms with Gasteiger partial charge in [0.25, 0.3) is 5.91 Å². The molecule has 0 unspecified atom stereocenters. The van der Waals surface area contributed by atoms with Gasteiger partial charge in [0.2, 0.25) is 0 Å². The molecule has 0 aliphatic rings. The van der Waals surface area contributed by atoms with Gasteiger partial charge in [0, 0.05) is 16.9 Å². The summed E-state index contributed by atoms with van der Waals surface area (Å²) >= 11 is 3.32. The highest BCUT2D eigenvalue weighted by atomic mass is 79.9. The van der Waals surface area contributed by atoms with Crippen LogP contribution in [0.5, 0.6) is 11.5 Å². The van der Waals surface area contributed by atoms with Gasteiger partial charge in [-0.15, -0.1) is 0 Å². The predicted molar refractivity (Wildman–Crippen MR) is 96.6 cm³/mol. The zero-order valence-corrected chi connectivity index (χ0v) is 15.6. The van der Waals surface area contributed by atoms with Gasteiger partial charge in [-0.1, -0.05) is 6.07 Å². The Morgan fingerprint density at radius 3 is 2.54 bits per heavy atom. The lowest BCUT2D eigenvalue weighted by Crippen LogP contribution is -2.26. The summed E-state index contributed by atoms with van der Waals surface area (Å²) in [6, 6.07) is 7.26. The number of benzene rings is 1. The summed E-state index contributed by atoms with van der Waals surface area (Å²) in [7, 11) is 0. The summed E-state index contributed by atoms with van der Waals surface area (Å²) in [4.78, 5) is 16.3. The Hall–Kier alpha value is -2.08. The van der Waals surface area contributed by atoms with Gasteiger partial charge in [-0.3, -0.25) is 9.78 Å². The second-order valence-electron chi connectivity index (χ2n) is 5.16. The van der Waals surface area contributed by atoms with E-state index in [1.54, 1.807) is 12.3 Å². The van der Waals surface area contributed by atoms with Crippen LogP contribution in [0.3, 0.4) is 0 Å². The summed E-state index contributed by atoms with van der Waals surface area (Å²) in [6.45, 7) is 6.90. The van der Waals surface area contributed by atoms with Crippen LogP contribution in [0, 0.1) is 0 Å². The minimum atomic E-state index is -0.178. The number of carbonyl (C=O) groups excluding carboxylic acids is 1. The quantitative estimate of drug-likeness (QED) is 0.769. The Labute approximate surface area is 150 Å². The number of nitrogens with zero attached hydrogens (tertiary/aromatic N) is 1. The van der Waals surface area contributed by atoms with Gasteiger partial charge < -0.3 is 14.8 Å². The minimum absolute atomic E-state index is 0.175. The van der Waals surface area contributed by atoms with E-state index in [2.05, 4.69) is 26.2 Å². The van der Waals surface area contributed by atoms with Gasteiger partial charge in [0.1, 0.15) is 0 Å². The van der Waals surface area contributed by atoms with Crippen molar-refractivity contribution in [2.75, 3.05) is 13.2 Å². The maximum atomic E-state index is 12.3. The molecule has 1 N–H and O–H groups in total. The van der Waals surface area contributed by atoms with E-state index in [0.717, 1.165) is 10.0 Å². The largest absolute Gasteiger partial charge is 0.490 e. The first kappa shape index (κ1) is 18.3. The highest BCUT2D eigenvalue weighted by Gasteiger charge is 2.14. The van der Waals surface area contributed by atoms with Crippen LogP contribution in [0.1, 0.15) is 42.7 Å². The van der Waals surface area contributed by atoms with E-state index in [-0.39, 0.29) is 11.9 Å². The molecule has 1 aromatic carbocycles. The molecule has 1 amide bonds. The van der Waals surface area contributed by atoms with Crippen molar-refractivity contribution >= 4 is 21.8 Å². The normalized spacial score (nSPS) is 11.7. The monoisotopic (exact) mass is 392 g/mol. The molecule has 1 aromatic heterocycles. The number of amides is 1. The van der Waals surface area contributed by atoms with Crippen LogP contribution >= 0.6 is 15.9 Å². The summed E-state index contributed by atoms with van der Waals surface area (Å²) in [6.07, 6.45) is 3.18. The van der Waals surface area contributed by atoms with E-state index in [1.807, 2.05) is 39.0 Å². The Morgan fingerprint density at radius 1 is 1.17 bits per heavy atom. The zero-order chi connectivity index (χ0) is 17.5. The fourth-order valence-electron chi connectivity index (χ4n) is 2.24. The highest BCUT2D eigenvalue weighted by Crippen LogP contribution is 2.30. The summed E-state index contributed by atoms with van der Waals surface area (Å²) in [5, 5.41) is 2.96. The third-order valence-corrected chi connectivity index (χ3v) is 3.82. The van der Waals surface area contributed by atoms with E-state index in [0.29, 0.717) is 30.3 Å². The van der Waals surface area contributed by atoms with Gasteiger partial charge in [-0.05, 0) is 60.5 Å². The molecular weight excluding hydrogens is 372 g/mol. The second kappa shape index (κ2) is 8.68. The molecule has 128 valence electrons. The van der Waals surface area contributed by atoms with Crippen LogP contribution in [0.15, 0.2) is 41.1 Å². The van der Waals surface area contributed by atoms with Crippen molar-refractivity contribution in [3.63, 3.8) is 0 Å². The van der Waals surface area contributed by atoms with Crippen molar-refractivity contribution in [3.05, 3.63) is 52.3 Å². The highest BCUT2D eigenvalue weighted by molar-refractivity contribution is 9.10. The fourth-order valence-corrected chi connectivity index (χ4v) is 2.60. The number of rotatable bonds is 7. The molecule has 0 aliphatic heterocycles. The lowest BCUT2D eigenvalue weighted by molar-refractivity contribution is 0.0939. The lowest BCUT2D eigenvalue weighted by Gasteiger charge is -2.17. The van der Waals surface area contributed by atoms with Gasteiger partial charge in [0.05, 0.1) is 24.8 Å². The predicted octanol–water partition coefficient (Wildman–Crippen LogP) is 4.13. The fraction of sp³-hybridized carbons (Fsp3) is 0.333. The van der Waals surface area contributed by atoms with Crippen LogP contribution < -0.4 is 14.8 Å². The van der Waals surface area contributed by atoms with Crippen molar-refractivity contribution in [1.82, 2.24) is 10.3 Å². The Bertz CT molecular complexity index is 706. The van der Waals surface area contributed by atoms with Crippen LogP contribution in [0.2, 0.25) is 0 Å². The molecule has 0 bridgehead atoms. The van der Waals surface area contributed by atoms with Crippen LogP contribution in [0.25, 0.3) is 0 Å². The standard InChI is InChI=1S/C18H21BrN2O3/c1-4-23-16-7-6-13(9-17(16)24-5-2)12(3)21-18(22)14-8-15(19)11-20-10-14/h6-12H,4-5H2,1-3H3,(H,21,22)/t12-/m1/s1. The van der Waals surface area contributed by atoms with Crippen molar-refractivity contribution in [1.29, 1.82) is 0 Å². The topological polar surface area (TPSA) is 60.5 Å². The van der Waals surface area contributed by atoms with E-state index in [1.165, 1.54) is 6.20 Å². The number of carbonyl (C=O) groups is 1. The average Bonchev–Trinajstić information content (AvgIpc) is 2.56. The van der Waals surface area contributed by atoms with Crippen molar-refractivity contribution in [2.45, 2.75) is 26.8 Å². The first-order valence-corrected chi connectivity index (χ1v) is 8.65. The Balaban J connectivity index is 2.15. The maximum Gasteiger partial charge on any atom is 0.253 e. The van der Waals surface area contributed by atoms with Gasteiger partial charge in [-0.25, -0.2) is 0 Å². The molecular formula is C18H21BrN2O3. The molecule has 0 radical (unpaired) electrons. The van der Waals surface area contributed by atoms with E-state index < -0.39 is 0 Å². The molecule has 0 saturated carbocycles. The lowest BCUT2D eigenvalue weighted by atomic mass is 10.1. The molecule has 1 atom stereocenters. The Morgan fingerprint density at radius 2 is 1.88 bits per heavy atom. The van der Waals surface area contributed by atoms with Crippen molar-refractivity contribution in [2.24, 2.45) is 0 Å². The molecule has 1 heterocycles.